The summed E-state index contributed by atoms with van der Waals surface area (Å²) in [7, 11) is 0. The van der Waals surface area contributed by atoms with Crippen LogP contribution in [0.5, 0.6) is 0 Å². The van der Waals surface area contributed by atoms with E-state index in [2.05, 4.69) is 108 Å². The number of benzene rings is 9. The molecular formula is C61H33BF24N2. The molecule has 0 fully saturated rings. The van der Waals surface area contributed by atoms with Gasteiger partial charge in [-0.15, -0.1) is 0 Å². The van der Waals surface area contributed by atoms with Crippen LogP contribution in [0.15, 0.2) is 188 Å². The molecule has 0 aliphatic rings. The van der Waals surface area contributed by atoms with Gasteiger partial charge in [0.1, 0.15) is 11.8 Å². The molecule has 0 saturated carbocycles. The van der Waals surface area contributed by atoms with Crippen LogP contribution >= 0.6 is 0 Å². The highest BCUT2D eigenvalue weighted by Crippen LogP contribution is 2.43. The molecule has 27 heteroatoms. The summed E-state index contributed by atoms with van der Waals surface area (Å²) in [5.74, 6) is 0. The predicted octanol–water partition coefficient (Wildman–Crippen LogP) is 17.8. The Morgan fingerprint density at radius 3 is 0.966 bits per heavy atom. The molecule has 0 radical (unpaired) electrons. The van der Waals surface area contributed by atoms with Crippen molar-refractivity contribution in [2.24, 2.45) is 0 Å². The van der Waals surface area contributed by atoms with E-state index in [1.54, 1.807) is 0 Å². The molecule has 0 spiro atoms. The third-order valence-electron chi connectivity index (χ3n) is 14.4. The van der Waals surface area contributed by atoms with Crippen molar-refractivity contribution in [3.8, 4) is 11.3 Å². The summed E-state index contributed by atoms with van der Waals surface area (Å²) in [5.41, 5.74) is -26.7. The first-order valence-corrected chi connectivity index (χ1v) is 25.2. The number of nitrogens with zero attached hydrogens (tertiary/aromatic N) is 2. The summed E-state index contributed by atoms with van der Waals surface area (Å²) in [5, 5.41) is 7.46. The van der Waals surface area contributed by atoms with E-state index in [1.807, 2.05) is 12.4 Å². The smallest absolute Gasteiger partial charge is 0.244 e. The lowest BCUT2D eigenvalue weighted by Gasteiger charge is -2.46. The van der Waals surface area contributed by atoms with Crippen molar-refractivity contribution in [2.45, 2.75) is 56.0 Å². The van der Waals surface area contributed by atoms with Crippen molar-refractivity contribution in [3.05, 3.63) is 239 Å². The lowest BCUT2D eigenvalue weighted by Crippen LogP contribution is -2.75. The highest BCUT2D eigenvalue weighted by atomic mass is 19.4. The van der Waals surface area contributed by atoms with E-state index in [-0.39, 0.29) is 0 Å². The Balaban J connectivity index is 0.000000246. The molecule has 1 heterocycles. The number of rotatable bonds is 7. The molecule has 1 aromatic heterocycles. The zero-order chi connectivity index (χ0) is 64.5. The summed E-state index contributed by atoms with van der Waals surface area (Å²) in [6.45, 7) is 0.821. The summed E-state index contributed by atoms with van der Waals surface area (Å²) < 4.78 is 343. The Kier molecular flexibility index (Phi) is 16.2. The first-order valence-electron chi connectivity index (χ1n) is 25.2. The molecule has 458 valence electrons. The average Bonchev–Trinajstić information content (AvgIpc) is 0.725. The summed E-state index contributed by atoms with van der Waals surface area (Å²) >= 11 is 0. The van der Waals surface area contributed by atoms with Crippen LogP contribution in [-0.4, -0.2) is 11.1 Å². The maximum atomic E-state index is 14.2. The molecule has 0 amide bonds. The van der Waals surface area contributed by atoms with Gasteiger partial charge in [-0.2, -0.15) is 132 Å². The van der Waals surface area contributed by atoms with Crippen LogP contribution in [-0.2, 0) is 56.0 Å². The number of fused-ring (bicyclic) bond motifs is 3. The minimum absolute atomic E-state index is 0.691. The summed E-state index contributed by atoms with van der Waals surface area (Å²) in [6, 6.07) is 25.8. The topological polar surface area (TPSA) is 16.8 Å². The minimum Gasteiger partial charge on any atom is -0.244 e. The fourth-order valence-corrected chi connectivity index (χ4v) is 10.6. The molecule has 10 aromatic rings. The van der Waals surface area contributed by atoms with Gasteiger partial charge in [0.2, 0.25) is 0 Å². The van der Waals surface area contributed by atoms with E-state index in [4.69, 9.17) is 4.98 Å². The van der Waals surface area contributed by atoms with Gasteiger partial charge < -0.3 is 0 Å². The molecule has 88 heavy (non-hydrogen) atoms. The molecule has 0 bridgehead atoms. The average molecular weight is 1260 g/mol. The third-order valence-corrected chi connectivity index (χ3v) is 14.4. The van der Waals surface area contributed by atoms with Gasteiger partial charge in [-0.05, 0) is 74.8 Å². The second kappa shape index (κ2) is 22.4. The van der Waals surface area contributed by atoms with Crippen LogP contribution in [0.1, 0.15) is 50.1 Å². The highest BCUT2D eigenvalue weighted by Gasteiger charge is 2.47. The van der Waals surface area contributed by atoms with Crippen molar-refractivity contribution in [1.29, 1.82) is 0 Å². The first-order chi connectivity index (χ1) is 40.6. The fourth-order valence-electron chi connectivity index (χ4n) is 10.6. The SMILES string of the molecule is FC(F)(F)c1cc([B-](c2cc(C(F)(F)F)cc(C(F)(F)F)c2)(c2cc(C(F)(F)F)cc(C(F)(F)F)c2)c2cc(C(F)(F)F)cc(C(F)(F)F)c2)cc(C(F)(F)F)c1.c1ccc(C[n+]2ccnc(-c3c4ccccc4cc4cc5ccccc5cc34)c2)cc1. The van der Waals surface area contributed by atoms with E-state index >= 15 is 0 Å². The van der Waals surface area contributed by atoms with Gasteiger partial charge in [0, 0.05) is 11.1 Å². The molecule has 0 unspecified atom stereocenters. The van der Waals surface area contributed by atoms with Gasteiger partial charge in [-0.3, -0.25) is 0 Å². The third kappa shape index (κ3) is 13.4. The Labute approximate surface area is 479 Å². The number of hydrogen-bond donors (Lipinski definition) is 0. The number of aromatic nitrogens is 2. The first kappa shape index (κ1) is 63.7. The van der Waals surface area contributed by atoms with E-state index < -0.39 is 195 Å². The van der Waals surface area contributed by atoms with Gasteiger partial charge in [0.15, 0.2) is 18.9 Å². The van der Waals surface area contributed by atoms with E-state index in [0.717, 1.165) is 12.2 Å². The lowest BCUT2D eigenvalue weighted by molar-refractivity contribution is -0.688. The molecule has 2 nitrogen and oxygen atoms in total. The zero-order valence-electron chi connectivity index (χ0n) is 43.6. The van der Waals surface area contributed by atoms with Gasteiger partial charge >= 0.3 is 49.4 Å². The number of hydrogen-bond acceptors (Lipinski definition) is 1. The van der Waals surface area contributed by atoms with Gasteiger partial charge in [-0.25, -0.2) is 4.98 Å². The van der Waals surface area contributed by atoms with Crippen LogP contribution in [0.25, 0.3) is 43.6 Å². The van der Waals surface area contributed by atoms with Crippen LogP contribution in [0, 0.1) is 0 Å². The second-order valence-electron chi connectivity index (χ2n) is 20.2. The molecule has 0 aliphatic carbocycles. The molecular weight excluding hydrogens is 1230 g/mol. The van der Waals surface area contributed by atoms with Crippen molar-refractivity contribution < 1.29 is 110 Å². The largest absolute Gasteiger partial charge is 0.416 e. The molecule has 0 N–H and O–H groups in total. The standard InChI is InChI=1S/C32H12BF24.C29H21N2/c34-25(35,36)13-1-14(26(37,38)39)6-21(5-13)33(22-7-15(27(40,41)42)2-16(8-22)28(43,44)45,23-9-17(29(46,47)48)3-18(10-23)30(49,50)51)24-11-19(31(52,53)54)4-20(12-24)32(55,56)57;1-2-8-21(9-3-1)19-31-15-14-30-28(20-31)29-26-13-7-6-12-24(26)17-25-16-22-10-4-5-11-23(22)18-27(25)29/h1-12H;1-18,20H,19H2/q-1;+1. The van der Waals surface area contributed by atoms with Crippen molar-refractivity contribution in [2.75, 3.05) is 0 Å². The Morgan fingerprint density at radius 1 is 0.307 bits per heavy atom. The Morgan fingerprint density at radius 2 is 0.614 bits per heavy atom. The maximum Gasteiger partial charge on any atom is 0.416 e. The van der Waals surface area contributed by atoms with Gasteiger partial charge in [0.25, 0.3) is 0 Å². The molecule has 0 saturated heterocycles. The van der Waals surface area contributed by atoms with Crippen LogP contribution in [0.2, 0.25) is 0 Å². The van der Waals surface area contributed by atoms with E-state index in [9.17, 15) is 105 Å². The monoisotopic (exact) mass is 1260 g/mol. The van der Waals surface area contributed by atoms with Gasteiger partial charge in [0.05, 0.1) is 50.7 Å². The van der Waals surface area contributed by atoms with E-state index in [1.165, 1.54) is 43.4 Å². The van der Waals surface area contributed by atoms with Gasteiger partial charge in [-0.1, -0.05) is 127 Å². The van der Waals surface area contributed by atoms with Crippen molar-refractivity contribution >= 4 is 60.3 Å². The van der Waals surface area contributed by atoms with Crippen molar-refractivity contribution in [3.63, 3.8) is 0 Å². The number of halogens is 24. The number of alkyl halides is 24. The fraction of sp³-hybridized carbons (Fsp3) is 0.148. The van der Waals surface area contributed by atoms with Crippen LogP contribution in [0.3, 0.4) is 0 Å². The van der Waals surface area contributed by atoms with Crippen molar-refractivity contribution in [1.82, 2.24) is 4.98 Å². The quantitative estimate of drug-likeness (QED) is 0.0673. The predicted molar refractivity (Wildman–Crippen MR) is 278 cm³/mol. The highest BCUT2D eigenvalue weighted by molar-refractivity contribution is 7.20. The zero-order valence-corrected chi connectivity index (χ0v) is 43.6. The molecule has 0 aliphatic heterocycles. The molecule has 10 rings (SSSR count). The molecule has 9 aromatic carbocycles. The maximum absolute atomic E-state index is 14.2. The normalized spacial score (nSPS) is 13.3. The Bertz CT molecular complexity index is 3810. The minimum atomic E-state index is -6.13. The summed E-state index contributed by atoms with van der Waals surface area (Å²) in [6.07, 6.45) is -48.7. The van der Waals surface area contributed by atoms with Crippen LogP contribution in [0.4, 0.5) is 105 Å². The van der Waals surface area contributed by atoms with Crippen LogP contribution < -0.4 is 26.4 Å². The summed E-state index contributed by atoms with van der Waals surface area (Å²) in [4.78, 5) is 4.81. The van der Waals surface area contributed by atoms with E-state index in [0.29, 0.717) is 0 Å². The lowest BCUT2D eigenvalue weighted by atomic mass is 9.12. The molecule has 0 atom stereocenters. The second-order valence-corrected chi connectivity index (χ2v) is 20.2. The Hall–Kier alpha value is -8.78.